The lowest BCUT2D eigenvalue weighted by atomic mass is 10.2. The summed E-state index contributed by atoms with van der Waals surface area (Å²) in [7, 11) is 0. The maximum Gasteiger partial charge on any atom is 0.170 e. The summed E-state index contributed by atoms with van der Waals surface area (Å²) in [5.41, 5.74) is 1.77. The van der Waals surface area contributed by atoms with Crippen LogP contribution in [0.25, 0.3) is 0 Å². The third-order valence-electron chi connectivity index (χ3n) is 3.84. The van der Waals surface area contributed by atoms with Crippen molar-refractivity contribution < 1.29 is 0 Å². The zero-order chi connectivity index (χ0) is 20.2. The lowest BCUT2D eigenvalue weighted by Gasteiger charge is -2.11. The fraction of sp³-hybridized carbons (Fsp3) is 0.300. The van der Waals surface area contributed by atoms with Crippen molar-refractivity contribution in [1.29, 1.82) is 0 Å². The van der Waals surface area contributed by atoms with Crippen LogP contribution in [0.2, 0.25) is 10.0 Å². The van der Waals surface area contributed by atoms with E-state index in [-0.39, 0.29) is 0 Å². The molecule has 0 unspecified atom stereocenters. The van der Waals surface area contributed by atoms with E-state index >= 15 is 0 Å². The second kappa shape index (κ2) is 12.8. The number of nitrogens with one attached hydrogen (secondary N) is 4. The van der Waals surface area contributed by atoms with Gasteiger partial charge in [-0.25, -0.2) is 0 Å². The number of rotatable bonds is 9. The van der Waals surface area contributed by atoms with E-state index in [9.17, 15) is 0 Å². The first kappa shape index (κ1) is 22.7. The molecule has 0 heterocycles. The SMILES string of the molecule is S=C(NCCCCCCNC(=S)Nc1cccc(Cl)c1)Nc1cccc(Cl)c1. The predicted octanol–water partition coefficient (Wildman–Crippen LogP) is 5.83. The maximum atomic E-state index is 5.96. The summed E-state index contributed by atoms with van der Waals surface area (Å²) in [6, 6.07) is 15.0. The fourth-order valence-electron chi connectivity index (χ4n) is 2.49. The van der Waals surface area contributed by atoms with Crippen LogP contribution >= 0.6 is 47.6 Å². The van der Waals surface area contributed by atoms with E-state index in [1.165, 1.54) is 0 Å². The lowest BCUT2D eigenvalue weighted by molar-refractivity contribution is 0.625. The molecular formula is C20H24Cl2N4S2. The highest BCUT2D eigenvalue weighted by atomic mass is 35.5. The Labute approximate surface area is 187 Å². The number of anilines is 2. The average Bonchev–Trinajstić information content (AvgIpc) is 2.64. The fourth-order valence-corrected chi connectivity index (χ4v) is 3.31. The summed E-state index contributed by atoms with van der Waals surface area (Å²) in [4.78, 5) is 0. The molecule has 2 rings (SSSR count). The van der Waals surface area contributed by atoms with Crippen molar-refractivity contribution in [3.8, 4) is 0 Å². The number of thiocarbonyl (C=S) groups is 2. The zero-order valence-corrected chi connectivity index (χ0v) is 18.6. The molecule has 2 aromatic rings. The molecule has 0 amide bonds. The Morgan fingerprint density at radius 3 is 1.50 bits per heavy atom. The summed E-state index contributed by atoms with van der Waals surface area (Å²) in [6.07, 6.45) is 4.37. The highest BCUT2D eigenvalue weighted by Gasteiger charge is 2.00. The molecule has 0 aliphatic heterocycles. The normalized spacial score (nSPS) is 10.2. The predicted molar refractivity (Wildman–Crippen MR) is 130 cm³/mol. The molecule has 28 heavy (non-hydrogen) atoms. The number of hydrogen-bond acceptors (Lipinski definition) is 2. The van der Waals surface area contributed by atoms with Gasteiger partial charge in [-0.15, -0.1) is 0 Å². The van der Waals surface area contributed by atoms with Crippen LogP contribution in [0.4, 0.5) is 11.4 Å². The molecule has 0 atom stereocenters. The quantitative estimate of drug-likeness (QED) is 0.282. The Morgan fingerprint density at radius 2 is 1.11 bits per heavy atom. The molecule has 8 heteroatoms. The van der Waals surface area contributed by atoms with Crippen molar-refractivity contribution >= 4 is 69.2 Å². The highest BCUT2D eigenvalue weighted by Crippen LogP contribution is 2.15. The van der Waals surface area contributed by atoms with Gasteiger partial charge >= 0.3 is 0 Å². The Kier molecular flexibility index (Phi) is 10.4. The summed E-state index contributed by atoms with van der Waals surface area (Å²) < 4.78 is 0. The van der Waals surface area contributed by atoms with Crippen molar-refractivity contribution in [2.24, 2.45) is 0 Å². The Hall–Kier alpha value is -1.60. The third kappa shape index (κ3) is 9.55. The molecule has 0 aliphatic carbocycles. The van der Waals surface area contributed by atoms with Crippen LogP contribution in [0.3, 0.4) is 0 Å². The largest absolute Gasteiger partial charge is 0.362 e. The first-order chi connectivity index (χ1) is 13.5. The summed E-state index contributed by atoms with van der Waals surface area (Å²) >= 11 is 22.5. The maximum absolute atomic E-state index is 5.96. The third-order valence-corrected chi connectivity index (χ3v) is 4.80. The van der Waals surface area contributed by atoms with Gasteiger partial charge in [0.1, 0.15) is 0 Å². The summed E-state index contributed by atoms with van der Waals surface area (Å²) in [5, 5.41) is 15.3. The van der Waals surface area contributed by atoms with Crippen LogP contribution in [0.15, 0.2) is 48.5 Å². The molecule has 0 saturated heterocycles. The Morgan fingerprint density at radius 1 is 0.679 bits per heavy atom. The van der Waals surface area contributed by atoms with Crippen molar-refractivity contribution in [3.63, 3.8) is 0 Å². The van der Waals surface area contributed by atoms with Crippen LogP contribution in [0, 0.1) is 0 Å². The molecule has 4 N–H and O–H groups in total. The van der Waals surface area contributed by atoms with Crippen LogP contribution in [0.1, 0.15) is 25.7 Å². The van der Waals surface area contributed by atoms with Gasteiger partial charge in [-0.05, 0) is 73.7 Å². The minimum absolute atomic E-state index is 0.612. The van der Waals surface area contributed by atoms with Gasteiger partial charge in [0.2, 0.25) is 0 Å². The van der Waals surface area contributed by atoms with E-state index in [4.69, 9.17) is 47.6 Å². The molecule has 0 aromatic heterocycles. The van der Waals surface area contributed by atoms with Crippen LogP contribution in [-0.4, -0.2) is 23.3 Å². The van der Waals surface area contributed by atoms with E-state index in [1.54, 1.807) is 0 Å². The number of halogens is 2. The van der Waals surface area contributed by atoms with Gasteiger partial charge in [0.15, 0.2) is 10.2 Å². The van der Waals surface area contributed by atoms with E-state index in [1.807, 2.05) is 48.5 Å². The number of hydrogen-bond donors (Lipinski definition) is 4. The first-order valence-electron chi connectivity index (χ1n) is 9.14. The number of unbranched alkanes of at least 4 members (excludes halogenated alkanes) is 3. The molecule has 0 bridgehead atoms. The zero-order valence-electron chi connectivity index (χ0n) is 15.4. The minimum Gasteiger partial charge on any atom is -0.362 e. The smallest absolute Gasteiger partial charge is 0.170 e. The average molecular weight is 455 g/mol. The van der Waals surface area contributed by atoms with Crippen molar-refractivity contribution in [3.05, 3.63) is 58.6 Å². The van der Waals surface area contributed by atoms with Gasteiger partial charge in [-0.2, -0.15) is 0 Å². The Balaban J connectivity index is 1.47. The first-order valence-corrected chi connectivity index (χ1v) is 10.7. The van der Waals surface area contributed by atoms with Gasteiger partial charge in [0.05, 0.1) is 0 Å². The molecule has 150 valence electrons. The van der Waals surface area contributed by atoms with Gasteiger partial charge in [-0.1, -0.05) is 48.2 Å². The summed E-state index contributed by atoms with van der Waals surface area (Å²) in [5.74, 6) is 0. The molecule has 0 radical (unpaired) electrons. The van der Waals surface area contributed by atoms with E-state index < -0.39 is 0 Å². The Bertz CT molecular complexity index is 721. The molecule has 0 saturated carbocycles. The highest BCUT2D eigenvalue weighted by molar-refractivity contribution is 7.80. The lowest BCUT2D eigenvalue weighted by Crippen LogP contribution is -2.29. The summed E-state index contributed by atoms with van der Waals surface area (Å²) in [6.45, 7) is 1.68. The number of benzene rings is 2. The molecule has 0 fully saturated rings. The molecule has 2 aromatic carbocycles. The van der Waals surface area contributed by atoms with Crippen molar-refractivity contribution in [2.75, 3.05) is 23.7 Å². The van der Waals surface area contributed by atoms with Gasteiger partial charge in [0, 0.05) is 34.5 Å². The van der Waals surface area contributed by atoms with E-state index in [2.05, 4.69) is 21.3 Å². The van der Waals surface area contributed by atoms with Crippen molar-refractivity contribution in [2.45, 2.75) is 25.7 Å². The molecule has 0 aliphatic rings. The second-order valence-electron chi connectivity index (χ2n) is 6.20. The molecule has 0 spiro atoms. The van der Waals surface area contributed by atoms with Gasteiger partial charge in [0.25, 0.3) is 0 Å². The topological polar surface area (TPSA) is 48.1 Å². The van der Waals surface area contributed by atoms with E-state index in [0.29, 0.717) is 20.3 Å². The van der Waals surface area contributed by atoms with Crippen LogP contribution in [-0.2, 0) is 0 Å². The molecular weight excluding hydrogens is 431 g/mol. The monoisotopic (exact) mass is 454 g/mol. The van der Waals surface area contributed by atoms with Crippen LogP contribution < -0.4 is 21.3 Å². The van der Waals surface area contributed by atoms with Crippen molar-refractivity contribution in [1.82, 2.24) is 10.6 Å². The molecule has 4 nitrogen and oxygen atoms in total. The second-order valence-corrected chi connectivity index (χ2v) is 7.89. The minimum atomic E-state index is 0.612. The van der Waals surface area contributed by atoms with Gasteiger partial charge in [-0.3, -0.25) is 0 Å². The van der Waals surface area contributed by atoms with Gasteiger partial charge < -0.3 is 21.3 Å². The van der Waals surface area contributed by atoms with E-state index in [0.717, 1.165) is 50.1 Å². The standard InChI is InChI=1S/C20H24Cl2N4S2/c21-15-7-5-9-17(13-15)25-19(27)23-11-3-1-2-4-12-24-20(28)26-18-10-6-8-16(22)14-18/h5-10,13-14H,1-4,11-12H2,(H2,23,25,27)(H2,24,26,28). The van der Waals surface area contributed by atoms with Crippen LogP contribution in [0.5, 0.6) is 0 Å².